The number of aryl methyl sites for hydroxylation is 1. The summed E-state index contributed by atoms with van der Waals surface area (Å²) in [5.41, 5.74) is 1.02. The molecule has 0 aliphatic rings. The highest BCUT2D eigenvalue weighted by Crippen LogP contribution is 2.22. The Hall–Kier alpha value is -2.38. The second-order valence-electron chi connectivity index (χ2n) is 5.42. The quantitative estimate of drug-likeness (QED) is 0.869. The molecule has 0 aliphatic carbocycles. The van der Waals surface area contributed by atoms with Crippen LogP contribution in [0.4, 0.5) is 5.69 Å². The lowest BCUT2D eigenvalue weighted by Crippen LogP contribution is -2.24. The molecule has 6 nitrogen and oxygen atoms in total. The summed E-state index contributed by atoms with van der Waals surface area (Å²) in [7, 11) is -0.638. The van der Waals surface area contributed by atoms with Crippen LogP contribution in [0.1, 0.15) is 5.56 Å². The number of ether oxygens (including phenoxy) is 1. The molecule has 0 bridgehead atoms. The summed E-state index contributed by atoms with van der Waals surface area (Å²) in [6.45, 7) is 1.55. The van der Waals surface area contributed by atoms with E-state index in [1.165, 1.54) is 20.2 Å². The van der Waals surface area contributed by atoms with Gasteiger partial charge in [0.15, 0.2) is 6.61 Å². The Bertz CT molecular complexity index is 818. The maximum atomic E-state index is 12.3. The van der Waals surface area contributed by atoms with Crippen LogP contribution in [-0.2, 0) is 14.8 Å². The number of nitrogens with zero attached hydrogens (tertiary/aromatic N) is 1. The van der Waals surface area contributed by atoms with Crippen molar-refractivity contribution in [2.45, 2.75) is 11.8 Å². The number of sulfonamides is 1. The molecule has 0 radical (unpaired) electrons. The zero-order valence-corrected chi connectivity index (χ0v) is 14.6. The maximum absolute atomic E-state index is 12.3. The van der Waals surface area contributed by atoms with Gasteiger partial charge in [0, 0.05) is 19.8 Å². The number of anilines is 1. The van der Waals surface area contributed by atoms with E-state index in [9.17, 15) is 13.2 Å². The molecule has 0 aromatic heterocycles. The van der Waals surface area contributed by atoms with Gasteiger partial charge in [0.2, 0.25) is 10.0 Å². The summed E-state index contributed by atoms with van der Waals surface area (Å²) < 4.78 is 31.1. The molecule has 7 heteroatoms. The molecule has 0 heterocycles. The van der Waals surface area contributed by atoms with Gasteiger partial charge in [-0.3, -0.25) is 4.79 Å². The number of carbonyl (C=O) groups excluding carboxylic acids is 1. The fourth-order valence-corrected chi connectivity index (χ4v) is 3.16. The summed E-state index contributed by atoms with van der Waals surface area (Å²) in [4.78, 5) is 12.1. The van der Waals surface area contributed by atoms with Crippen molar-refractivity contribution in [3.63, 3.8) is 0 Å². The molecule has 2 aromatic rings. The molecule has 2 rings (SSSR count). The number of amides is 1. The number of para-hydroxylation sites is 1. The molecule has 1 amide bonds. The molecular formula is C17H20N2O4S. The number of hydrogen-bond acceptors (Lipinski definition) is 4. The van der Waals surface area contributed by atoms with E-state index in [2.05, 4.69) is 5.32 Å². The van der Waals surface area contributed by atoms with Crippen molar-refractivity contribution in [1.29, 1.82) is 0 Å². The van der Waals surface area contributed by atoms with E-state index in [0.29, 0.717) is 17.0 Å². The Morgan fingerprint density at radius 1 is 1.12 bits per heavy atom. The van der Waals surface area contributed by atoms with Gasteiger partial charge in [-0.2, -0.15) is 0 Å². The molecule has 2 aromatic carbocycles. The van der Waals surface area contributed by atoms with Crippen molar-refractivity contribution >= 4 is 21.6 Å². The van der Waals surface area contributed by atoms with Crippen LogP contribution in [0, 0.1) is 6.92 Å². The van der Waals surface area contributed by atoms with Crippen molar-refractivity contribution in [2.75, 3.05) is 26.0 Å². The number of carbonyl (C=O) groups is 1. The van der Waals surface area contributed by atoms with Crippen molar-refractivity contribution in [3.8, 4) is 5.75 Å². The molecule has 0 saturated carbocycles. The fraction of sp³-hybridized carbons (Fsp3) is 0.235. The molecule has 0 unspecified atom stereocenters. The van der Waals surface area contributed by atoms with E-state index in [4.69, 9.17) is 4.74 Å². The number of nitrogens with one attached hydrogen (secondary N) is 1. The van der Waals surface area contributed by atoms with E-state index in [0.717, 1.165) is 4.31 Å². The molecule has 0 fully saturated rings. The molecule has 128 valence electrons. The first-order valence-corrected chi connectivity index (χ1v) is 8.75. The van der Waals surface area contributed by atoms with Crippen molar-refractivity contribution in [2.24, 2.45) is 0 Å². The van der Waals surface area contributed by atoms with Gasteiger partial charge in [-0.05, 0) is 36.8 Å². The van der Waals surface area contributed by atoms with Crippen LogP contribution in [0.25, 0.3) is 0 Å². The van der Waals surface area contributed by atoms with Crippen molar-refractivity contribution in [3.05, 3.63) is 54.1 Å². The van der Waals surface area contributed by atoms with Gasteiger partial charge in [0.05, 0.1) is 4.90 Å². The van der Waals surface area contributed by atoms with Gasteiger partial charge < -0.3 is 10.1 Å². The minimum absolute atomic E-state index is 0.159. The summed E-state index contributed by atoms with van der Waals surface area (Å²) in [5.74, 6) is 0.225. The van der Waals surface area contributed by atoms with Gasteiger partial charge >= 0.3 is 0 Å². The predicted octanol–water partition coefficient (Wildman–Crippen LogP) is 2.26. The zero-order valence-electron chi connectivity index (χ0n) is 13.8. The SMILES string of the molecule is Cc1ccc(NC(=O)COc2ccccc2)cc1S(=O)(=O)N(C)C. The molecule has 0 atom stereocenters. The standard InChI is InChI=1S/C17H20N2O4S/c1-13-9-10-14(11-16(13)24(21,22)19(2)3)18-17(20)12-23-15-7-5-4-6-8-15/h4-11H,12H2,1-3H3,(H,18,20). The second-order valence-corrected chi connectivity index (χ2v) is 7.54. The van der Waals surface area contributed by atoms with Gasteiger partial charge in [-0.25, -0.2) is 12.7 Å². The van der Waals surface area contributed by atoms with E-state index >= 15 is 0 Å². The summed E-state index contributed by atoms with van der Waals surface area (Å²) >= 11 is 0. The van der Waals surface area contributed by atoms with Crippen LogP contribution in [0.15, 0.2) is 53.4 Å². The summed E-state index contributed by atoms with van der Waals surface area (Å²) in [6.07, 6.45) is 0. The lowest BCUT2D eigenvalue weighted by atomic mass is 10.2. The number of rotatable bonds is 6. The highest BCUT2D eigenvalue weighted by molar-refractivity contribution is 7.89. The first-order chi connectivity index (χ1) is 11.3. The molecule has 0 saturated heterocycles. The highest BCUT2D eigenvalue weighted by atomic mass is 32.2. The van der Waals surface area contributed by atoms with Crippen LogP contribution in [0.2, 0.25) is 0 Å². The predicted molar refractivity (Wildman–Crippen MR) is 92.6 cm³/mol. The Balaban J connectivity index is 2.09. The van der Waals surface area contributed by atoms with Crippen molar-refractivity contribution < 1.29 is 17.9 Å². The lowest BCUT2D eigenvalue weighted by molar-refractivity contribution is -0.118. The van der Waals surface area contributed by atoms with Gasteiger partial charge in [-0.15, -0.1) is 0 Å². The monoisotopic (exact) mass is 348 g/mol. The molecule has 0 spiro atoms. The summed E-state index contributed by atoms with van der Waals surface area (Å²) in [6, 6.07) is 13.7. The largest absolute Gasteiger partial charge is 0.484 e. The normalized spacial score (nSPS) is 11.3. The summed E-state index contributed by atoms with van der Waals surface area (Å²) in [5, 5.41) is 2.64. The van der Waals surface area contributed by atoms with E-state index in [1.54, 1.807) is 31.2 Å². The topological polar surface area (TPSA) is 75.7 Å². The first kappa shape index (κ1) is 18.0. The van der Waals surface area contributed by atoms with E-state index in [-0.39, 0.29) is 17.4 Å². The third-order valence-electron chi connectivity index (χ3n) is 3.34. The first-order valence-electron chi connectivity index (χ1n) is 7.31. The zero-order chi connectivity index (χ0) is 17.7. The maximum Gasteiger partial charge on any atom is 0.262 e. The van der Waals surface area contributed by atoms with Crippen LogP contribution in [0.5, 0.6) is 5.75 Å². The molecule has 0 aliphatic heterocycles. The Kier molecular flexibility index (Phi) is 5.58. The van der Waals surface area contributed by atoms with Crippen LogP contribution >= 0.6 is 0 Å². The number of benzene rings is 2. The molecular weight excluding hydrogens is 328 g/mol. The Labute approximate surface area is 142 Å². The third kappa shape index (κ3) is 4.33. The fourth-order valence-electron chi connectivity index (χ4n) is 2.02. The minimum Gasteiger partial charge on any atom is -0.484 e. The van der Waals surface area contributed by atoms with E-state index in [1.807, 2.05) is 18.2 Å². The van der Waals surface area contributed by atoms with E-state index < -0.39 is 10.0 Å². The van der Waals surface area contributed by atoms with Crippen molar-refractivity contribution in [1.82, 2.24) is 4.31 Å². The Morgan fingerprint density at radius 2 is 1.79 bits per heavy atom. The number of hydrogen-bond donors (Lipinski definition) is 1. The highest BCUT2D eigenvalue weighted by Gasteiger charge is 2.20. The average molecular weight is 348 g/mol. The molecule has 1 N–H and O–H groups in total. The van der Waals surface area contributed by atoms with Gasteiger partial charge in [-0.1, -0.05) is 24.3 Å². The van der Waals surface area contributed by atoms with Gasteiger partial charge in [0.1, 0.15) is 5.75 Å². The lowest BCUT2D eigenvalue weighted by Gasteiger charge is -2.15. The van der Waals surface area contributed by atoms with Crippen LogP contribution < -0.4 is 10.1 Å². The van der Waals surface area contributed by atoms with Crippen LogP contribution in [0.3, 0.4) is 0 Å². The second kappa shape index (κ2) is 7.46. The third-order valence-corrected chi connectivity index (χ3v) is 5.30. The van der Waals surface area contributed by atoms with Gasteiger partial charge in [0.25, 0.3) is 5.91 Å². The van der Waals surface area contributed by atoms with Crippen LogP contribution in [-0.4, -0.2) is 39.3 Å². The molecule has 24 heavy (non-hydrogen) atoms. The average Bonchev–Trinajstić information content (AvgIpc) is 2.55. The smallest absolute Gasteiger partial charge is 0.262 e. The Morgan fingerprint density at radius 3 is 2.42 bits per heavy atom. The minimum atomic E-state index is -3.57.